The number of hydrogen-bond acceptors (Lipinski definition) is 3. The second-order valence-electron chi connectivity index (χ2n) is 8.75. The molecule has 0 aliphatic carbocycles. The number of carbonyl (C=O) groups excluding carboxylic acids is 1. The lowest BCUT2D eigenvalue weighted by atomic mass is 9.85. The summed E-state index contributed by atoms with van der Waals surface area (Å²) in [4.78, 5) is 18.9. The molecule has 1 amide bonds. The average molecular weight is 462 g/mol. The maximum Gasteiger partial charge on any atom is 0.406 e. The predicted molar refractivity (Wildman–Crippen MR) is 121 cm³/mol. The Hall–Kier alpha value is -3.07. The zero-order valence-corrected chi connectivity index (χ0v) is 18.7. The molecule has 1 fully saturated rings. The van der Waals surface area contributed by atoms with Gasteiger partial charge in [-0.2, -0.15) is 13.2 Å². The van der Waals surface area contributed by atoms with E-state index in [2.05, 4.69) is 10.3 Å². The Kier molecular flexibility index (Phi) is 5.86. The molecular weight excluding hydrogens is 436 g/mol. The van der Waals surface area contributed by atoms with Crippen molar-refractivity contribution in [3.63, 3.8) is 0 Å². The fourth-order valence-corrected chi connectivity index (χ4v) is 4.55. The molecule has 0 bridgehead atoms. The Balaban J connectivity index is 1.50. The van der Waals surface area contributed by atoms with Crippen LogP contribution in [-0.2, 0) is 0 Å². The van der Waals surface area contributed by atoms with Crippen LogP contribution in [0.2, 0.25) is 0 Å². The number of rotatable bonds is 4. The number of H-pyrrole nitrogens is 1. The molecule has 176 valence electrons. The van der Waals surface area contributed by atoms with Gasteiger partial charge in [0.2, 0.25) is 0 Å². The Morgan fingerprint density at radius 1 is 1.12 bits per heavy atom. The van der Waals surface area contributed by atoms with Gasteiger partial charge in [0.05, 0.1) is 5.52 Å². The van der Waals surface area contributed by atoms with Crippen molar-refractivity contribution in [2.75, 3.05) is 37.4 Å². The van der Waals surface area contributed by atoms with Crippen LogP contribution in [0.4, 0.5) is 28.9 Å². The molecule has 1 aromatic heterocycles. The van der Waals surface area contributed by atoms with Gasteiger partial charge in [0.1, 0.15) is 17.1 Å². The second kappa shape index (κ2) is 8.37. The van der Waals surface area contributed by atoms with Gasteiger partial charge in [-0.1, -0.05) is 12.1 Å². The number of aromatic amines is 1. The fraction of sp³-hybridized carbons (Fsp3) is 0.375. The minimum atomic E-state index is -4.31. The molecule has 0 saturated carbocycles. The van der Waals surface area contributed by atoms with Crippen LogP contribution in [0.15, 0.2) is 42.5 Å². The van der Waals surface area contributed by atoms with E-state index in [0.29, 0.717) is 16.6 Å². The van der Waals surface area contributed by atoms with E-state index >= 15 is 0 Å². The number of aryl methyl sites for hydroxylation is 1. The number of hydrogen-bond donors (Lipinski definition) is 2. The first-order valence-corrected chi connectivity index (χ1v) is 10.7. The summed E-state index contributed by atoms with van der Waals surface area (Å²) in [6, 6.07) is 11.5. The second-order valence-corrected chi connectivity index (χ2v) is 8.75. The van der Waals surface area contributed by atoms with E-state index in [1.165, 1.54) is 31.1 Å². The normalized spacial score (nSPS) is 16.4. The molecule has 0 radical (unpaired) electrons. The fourth-order valence-electron chi connectivity index (χ4n) is 4.55. The number of anilines is 2. The highest BCUT2D eigenvalue weighted by atomic mass is 19.4. The number of aromatic nitrogens is 1. The predicted octanol–water partition coefficient (Wildman–Crippen LogP) is 5.33. The molecule has 2 N–H and O–H groups in total. The number of amides is 1. The summed E-state index contributed by atoms with van der Waals surface area (Å²) in [5.74, 6) is -0.838. The highest BCUT2D eigenvalue weighted by Gasteiger charge is 2.57. The lowest BCUT2D eigenvalue weighted by molar-refractivity contribution is -0.231. The van der Waals surface area contributed by atoms with E-state index in [0.717, 1.165) is 11.3 Å². The van der Waals surface area contributed by atoms with E-state index in [1.54, 1.807) is 24.3 Å². The van der Waals surface area contributed by atoms with Crippen molar-refractivity contribution in [1.29, 1.82) is 0 Å². The molecule has 33 heavy (non-hydrogen) atoms. The molecule has 9 heteroatoms. The number of fused-ring (bicyclic) bond motifs is 1. The lowest BCUT2D eigenvalue weighted by Crippen LogP contribution is -2.61. The number of nitrogens with zero attached hydrogens (tertiary/aromatic N) is 2. The topological polar surface area (TPSA) is 51.4 Å². The molecule has 1 aliphatic heterocycles. The Labute approximate surface area is 189 Å². The summed E-state index contributed by atoms with van der Waals surface area (Å²) in [5.41, 5.74) is 1.02. The molecule has 0 atom stereocenters. The van der Waals surface area contributed by atoms with Crippen molar-refractivity contribution in [3.05, 3.63) is 59.5 Å². The van der Waals surface area contributed by atoms with Gasteiger partial charge in [-0.15, -0.1) is 0 Å². The zero-order valence-electron chi connectivity index (χ0n) is 18.7. The molecule has 2 aromatic carbocycles. The van der Waals surface area contributed by atoms with Gasteiger partial charge in [-0.05, 0) is 69.8 Å². The van der Waals surface area contributed by atoms with E-state index in [1.807, 2.05) is 17.9 Å². The van der Waals surface area contributed by atoms with Gasteiger partial charge in [0, 0.05) is 29.9 Å². The van der Waals surface area contributed by atoms with Gasteiger partial charge >= 0.3 is 6.18 Å². The SMILES string of the molecule is Cc1ccc(F)c2cc(C(=O)Nc3cccc(N4CCC(N(C)C)(C(F)(F)F)CC4)c3)[nH]c12. The third-order valence-electron chi connectivity index (χ3n) is 6.64. The number of alkyl halides is 3. The van der Waals surface area contributed by atoms with Crippen LogP contribution in [0.1, 0.15) is 28.9 Å². The highest BCUT2D eigenvalue weighted by Crippen LogP contribution is 2.42. The summed E-state index contributed by atoms with van der Waals surface area (Å²) in [6.45, 7) is 2.32. The minimum absolute atomic E-state index is 0.0416. The number of carbonyl (C=O) groups is 1. The summed E-state index contributed by atoms with van der Waals surface area (Å²) >= 11 is 0. The molecule has 5 nitrogen and oxygen atoms in total. The van der Waals surface area contributed by atoms with Crippen LogP contribution in [0, 0.1) is 12.7 Å². The third-order valence-corrected chi connectivity index (χ3v) is 6.64. The van der Waals surface area contributed by atoms with Crippen LogP contribution < -0.4 is 10.2 Å². The minimum Gasteiger partial charge on any atom is -0.371 e. The Morgan fingerprint density at radius 3 is 2.42 bits per heavy atom. The summed E-state index contributed by atoms with van der Waals surface area (Å²) < 4.78 is 55.3. The zero-order chi connectivity index (χ0) is 24.0. The van der Waals surface area contributed by atoms with E-state index in [-0.39, 0.29) is 31.6 Å². The number of halogens is 4. The van der Waals surface area contributed by atoms with E-state index < -0.39 is 23.4 Å². The molecule has 0 unspecified atom stereocenters. The van der Waals surface area contributed by atoms with Crippen molar-refractivity contribution in [2.24, 2.45) is 0 Å². The average Bonchev–Trinajstić information content (AvgIpc) is 3.23. The molecule has 0 spiro atoms. The largest absolute Gasteiger partial charge is 0.406 e. The summed E-state index contributed by atoms with van der Waals surface area (Å²) in [7, 11) is 2.94. The molecular formula is C24H26F4N4O. The first kappa shape index (κ1) is 23.1. The standard InChI is InChI=1S/C24H26F4N4O/c1-15-7-8-19(25)18-14-20(30-21(15)18)22(33)29-16-5-4-6-17(13-16)32-11-9-23(10-12-32,31(2)3)24(26,27)28/h4-8,13-14,30H,9-12H2,1-3H3,(H,29,33). The number of piperidine rings is 1. The molecule has 2 heterocycles. The maximum absolute atomic E-state index is 14.1. The van der Waals surface area contributed by atoms with Crippen LogP contribution in [0.5, 0.6) is 0 Å². The monoisotopic (exact) mass is 462 g/mol. The van der Waals surface area contributed by atoms with Crippen molar-refractivity contribution in [3.8, 4) is 0 Å². The first-order valence-electron chi connectivity index (χ1n) is 10.7. The van der Waals surface area contributed by atoms with Gasteiger partial charge < -0.3 is 15.2 Å². The Bertz CT molecular complexity index is 1140. The smallest absolute Gasteiger partial charge is 0.371 e. The summed E-state index contributed by atoms with van der Waals surface area (Å²) in [5, 5.41) is 3.13. The first-order chi connectivity index (χ1) is 15.5. The molecule has 1 aliphatic rings. The van der Waals surface area contributed by atoms with E-state index in [4.69, 9.17) is 0 Å². The summed E-state index contributed by atoms with van der Waals surface area (Å²) in [6.07, 6.45) is -4.39. The molecule has 4 rings (SSSR count). The van der Waals surface area contributed by atoms with Crippen molar-refractivity contribution in [1.82, 2.24) is 9.88 Å². The van der Waals surface area contributed by atoms with Gasteiger partial charge in [0.25, 0.3) is 5.91 Å². The van der Waals surface area contributed by atoms with Crippen molar-refractivity contribution < 1.29 is 22.4 Å². The third kappa shape index (κ3) is 4.17. The van der Waals surface area contributed by atoms with Gasteiger partial charge in [0.15, 0.2) is 0 Å². The van der Waals surface area contributed by atoms with Gasteiger partial charge in [-0.3, -0.25) is 9.69 Å². The number of benzene rings is 2. The molecule has 1 saturated heterocycles. The van der Waals surface area contributed by atoms with Crippen molar-refractivity contribution >= 4 is 28.2 Å². The van der Waals surface area contributed by atoms with Crippen LogP contribution in [0.25, 0.3) is 10.9 Å². The van der Waals surface area contributed by atoms with Gasteiger partial charge in [-0.25, -0.2) is 4.39 Å². The van der Waals surface area contributed by atoms with Crippen molar-refractivity contribution in [2.45, 2.75) is 31.5 Å². The Morgan fingerprint density at radius 2 is 1.82 bits per heavy atom. The lowest BCUT2D eigenvalue weighted by Gasteiger charge is -2.47. The van der Waals surface area contributed by atoms with Crippen LogP contribution in [0.3, 0.4) is 0 Å². The maximum atomic E-state index is 14.1. The quantitative estimate of drug-likeness (QED) is 0.516. The van der Waals surface area contributed by atoms with Crippen LogP contribution >= 0.6 is 0 Å². The number of nitrogens with one attached hydrogen (secondary N) is 2. The molecule has 3 aromatic rings. The van der Waals surface area contributed by atoms with E-state index in [9.17, 15) is 22.4 Å². The van der Waals surface area contributed by atoms with Crippen LogP contribution in [-0.4, -0.2) is 54.7 Å². The highest BCUT2D eigenvalue weighted by molar-refractivity contribution is 6.06.